The van der Waals surface area contributed by atoms with Crippen molar-refractivity contribution in [2.75, 3.05) is 20.3 Å². The van der Waals surface area contributed by atoms with Gasteiger partial charge in [-0.3, -0.25) is 9.63 Å². The van der Waals surface area contributed by atoms with E-state index in [9.17, 15) is 4.79 Å². The molecule has 6 nitrogen and oxygen atoms in total. The van der Waals surface area contributed by atoms with Crippen molar-refractivity contribution in [1.82, 2.24) is 10.5 Å². The predicted molar refractivity (Wildman–Crippen MR) is 69.9 cm³/mol. The topological polar surface area (TPSA) is 69.7 Å². The van der Waals surface area contributed by atoms with Crippen LogP contribution >= 0.6 is 0 Å². The van der Waals surface area contributed by atoms with Gasteiger partial charge in [-0.25, -0.2) is 10.5 Å². The molecule has 0 aliphatic carbocycles. The number of hydrogen-bond donors (Lipinski definition) is 1. The van der Waals surface area contributed by atoms with E-state index in [-0.39, 0.29) is 11.5 Å². The molecule has 0 radical (unpaired) electrons. The molecule has 1 aromatic heterocycles. The number of carbonyl (C=O) groups excluding carboxylic acids is 1. The van der Waals surface area contributed by atoms with Gasteiger partial charge < -0.3 is 9.47 Å². The normalized spacial score (nSPS) is 11.2. The number of aromatic nitrogens is 1. The second-order valence-corrected chi connectivity index (χ2v) is 4.83. The standard InChI is InChI=1S/C13H20N2O4/c1-13(2,3)19-8-7-18-11-6-5-10(9-14-11)12(16)15-17-4/h5-6,9H,7-8H2,1-4H3,(H,15,16). The molecule has 0 unspecified atom stereocenters. The lowest BCUT2D eigenvalue weighted by Gasteiger charge is -2.19. The Bertz CT molecular complexity index is 398. The molecule has 19 heavy (non-hydrogen) atoms. The molecule has 0 saturated heterocycles. The highest BCUT2D eigenvalue weighted by atomic mass is 16.6. The van der Waals surface area contributed by atoms with Crippen molar-refractivity contribution in [3.05, 3.63) is 23.9 Å². The Kier molecular flexibility index (Phi) is 5.72. The van der Waals surface area contributed by atoms with E-state index < -0.39 is 0 Å². The Hall–Kier alpha value is -1.66. The first kappa shape index (κ1) is 15.4. The second kappa shape index (κ2) is 7.06. The minimum atomic E-state index is -0.349. The summed E-state index contributed by atoms with van der Waals surface area (Å²) in [7, 11) is 1.37. The molecule has 1 rings (SSSR count). The van der Waals surface area contributed by atoms with Crippen LogP contribution in [-0.2, 0) is 9.57 Å². The van der Waals surface area contributed by atoms with Crippen LogP contribution in [0.5, 0.6) is 5.88 Å². The third-order valence-electron chi connectivity index (χ3n) is 2.06. The predicted octanol–water partition coefficient (Wildman–Crippen LogP) is 1.57. The first-order valence-corrected chi connectivity index (χ1v) is 5.98. The number of pyridine rings is 1. The van der Waals surface area contributed by atoms with Gasteiger partial charge in [-0.05, 0) is 26.8 Å². The Morgan fingerprint density at radius 1 is 1.32 bits per heavy atom. The van der Waals surface area contributed by atoms with E-state index in [1.807, 2.05) is 20.8 Å². The number of amides is 1. The molecule has 106 valence electrons. The fourth-order valence-electron chi connectivity index (χ4n) is 1.25. The van der Waals surface area contributed by atoms with E-state index in [0.717, 1.165) is 0 Å². The fourth-order valence-corrected chi connectivity index (χ4v) is 1.25. The monoisotopic (exact) mass is 268 g/mol. The summed E-state index contributed by atoms with van der Waals surface area (Å²) < 4.78 is 10.9. The quantitative estimate of drug-likeness (QED) is 0.626. The molecular formula is C13H20N2O4. The van der Waals surface area contributed by atoms with Crippen LogP contribution in [0, 0.1) is 0 Å². The molecule has 1 amide bonds. The summed E-state index contributed by atoms with van der Waals surface area (Å²) in [6, 6.07) is 3.24. The molecule has 0 aliphatic rings. The number of ether oxygens (including phenoxy) is 2. The van der Waals surface area contributed by atoms with Crippen molar-refractivity contribution in [1.29, 1.82) is 0 Å². The molecule has 0 spiro atoms. The van der Waals surface area contributed by atoms with E-state index in [1.54, 1.807) is 12.1 Å². The summed E-state index contributed by atoms with van der Waals surface area (Å²) in [4.78, 5) is 19.9. The number of carbonyl (C=O) groups is 1. The molecular weight excluding hydrogens is 248 g/mol. The van der Waals surface area contributed by atoms with Crippen LogP contribution in [0.3, 0.4) is 0 Å². The molecule has 0 fully saturated rings. The SMILES string of the molecule is CONC(=O)c1ccc(OCCOC(C)(C)C)nc1. The molecule has 0 bridgehead atoms. The summed E-state index contributed by atoms with van der Waals surface area (Å²) >= 11 is 0. The number of hydroxylamine groups is 1. The smallest absolute Gasteiger partial charge is 0.276 e. The minimum absolute atomic E-state index is 0.182. The highest BCUT2D eigenvalue weighted by molar-refractivity contribution is 5.93. The zero-order valence-corrected chi connectivity index (χ0v) is 11.7. The van der Waals surface area contributed by atoms with E-state index in [0.29, 0.717) is 24.7 Å². The van der Waals surface area contributed by atoms with E-state index in [1.165, 1.54) is 13.3 Å². The number of rotatable bonds is 6. The van der Waals surface area contributed by atoms with Crippen LogP contribution in [0.1, 0.15) is 31.1 Å². The molecule has 0 saturated carbocycles. The maximum atomic E-state index is 11.4. The Balaban J connectivity index is 2.38. The number of nitrogens with zero attached hydrogens (tertiary/aromatic N) is 1. The van der Waals surface area contributed by atoms with Gasteiger partial charge in [0.1, 0.15) is 6.61 Å². The zero-order valence-electron chi connectivity index (χ0n) is 11.7. The first-order chi connectivity index (χ1) is 8.92. The highest BCUT2D eigenvalue weighted by Gasteiger charge is 2.09. The lowest BCUT2D eigenvalue weighted by atomic mass is 10.2. The van der Waals surface area contributed by atoms with Crippen molar-refractivity contribution >= 4 is 5.91 Å². The van der Waals surface area contributed by atoms with Gasteiger partial charge in [0.15, 0.2) is 0 Å². The van der Waals surface area contributed by atoms with Crippen molar-refractivity contribution in [3.8, 4) is 5.88 Å². The lowest BCUT2D eigenvalue weighted by Crippen LogP contribution is -2.23. The van der Waals surface area contributed by atoms with Crippen LogP contribution in [-0.4, -0.2) is 36.8 Å². The molecule has 0 aliphatic heterocycles. The third kappa shape index (κ3) is 6.17. The van der Waals surface area contributed by atoms with Crippen molar-refractivity contribution < 1.29 is 19.1 Å². The highest BCUT2D eigenvalue weighted by Crippen LogP contribution is 2.09. The molecule has 1 N–H and O–H groups in total. The van der Waals surface area contributed by atoms with Crippen molar-refractivity contribution in [2.24, 2.45) is 0 Å². The van der Waals surface area contributed by atoms with Gasteiger partial charge in [0.25, 0.3) is 5.91 Å². The summed E-state index contributed by atoms with van der Waals surface area (Å²) in [6.45, 7) is 6.84. The number of nitrogens with one attached hydrogen (secondary N) is 1. The van der Waals surface area contributed by atoms with E-state index >= 15 is 0 Å². The van der Waals surface area contributed by atoms with Crippen LogP contribution < -0.4 is 10.2 Å². The maximum absolute atomic E-state index is 11.4. The van der Waals surface area contributed by atoms with E-state index in [4.69, 9.17) is 9.47 Å². The van der Waals surface area contributed by atoms with Crippen LogP contribution in [0.15, 0.2) is 18.3 Å². The first-order valence-electron chi connectivity index (χ1n) is 5.98. The van der Waals surface area contributed by atoms with Gasteiger partial charge in [0, 0.05) is 12.3 Å². The minimum Gasteiger partial charge on any atom is -0.475 e. The molecule has 0 atom stereocenters. The largest absolute Gasteiger partial charge is 0.475 e. The summed E-state index contributed by atoms with van der Waals surface area (Å²) in [6.07, 6.45) is 1.42. The molecule has 1 aromatic rings. The second-order valence-electron chi connectivity index (χ2n) is 4.83. The molecule has 1 heterocycles. The number of hydrogen-bond acceptors (Lipinski definition) is 5. The lowest BCUT2D eigenvalue weighted by molar-refractivity contribution is -0.0168. The Morgan fingerprint density at radius 3 is 2.58 bits per heavy atom. The summed E-state index contributed by atoms with van der Waals surface area (Å²) in [5, 5.41) is 0. The van der Waals surface area contributed by atoms with Crippen LogP contribution in [0.4, 0.5) is 0 Å². The molecule has 6 heteroatoms. The van der Waals surface area contributed by atoms with Gasteiger partial charge in [0.05, 0.1) is 24.9 Å². The zero-order chi connectivity index (χ0) is 14.3. The fraction of sp³-hybridized carbons (Fsp3) is 0.538. The van der Waals surface area contributed by atoms with Crippen molar-refractivity contribution in [2.45, 2.75) is 26.4 Å². The average molecular weight is 268 g/mol. The van der Waals surface area contributed by atoms with Gasteiger partial charge in [-0.2, -0.15) is 0 Å². The summed E-state index contributed by atoms with van der Waals surface area (Å²) in [5.41, 5.74) is 2.43. The van der Waals surface area contributed by atoms with Gasteiger partial charge >= 0.3 is 0 Å². The van der Waals surface area contributed by atoms with Gasteiger partial charge in [-0.15, -0.1) is 0 Å². The van der Waals surface area contributed by atoms with Crippen LogP contribution in [0.2, 0.25) is 0 Å². The van der Waals surface area contributed by atoms with Crippen molar-refractivity contribution in [3.63, 3.8) is 0 Å². The summed E-state index contributed by atoms with van der Waals surface area (Å²) in [5.74, 6) is 0.101. The average Bonchev–Trinajstić information content (AvgIpc) is 2.34. The van der Waals surface area contributed by atoms with Gasteiger partial charge in [0.2, 0.25) is 5.88 Å². The maximum Gasteiger partial charge on any atom is 0.276 e. The Labute approximate surface area is 113 Å². The third-order valence-corrected chi connectivity index (χ3v) is 2.06. The van der Waals surface area contributed by atoms with Gasteiger partial charge in [-0.1, -0.05) is 0 Å². The van der Waals surface area contributed by atoms with E-state index in [2.05, 4.69) is 15.3 Å². The van der Waals surface area contributed by atoms with Crippen LogP contribution in [0.25, 0.3) is 0 Å². The molecule has 0 aromatic carbocycles. The Morgan fingerprint density at radius 2 is 2.05 bits per heavy atom.